The van der Waals surface area contributed by atoms with E-state index in [1.54, 1.807) is 6.08 Å². The molecule has 0 aromatic heterocycles. The molecule has 0 saturated heterocycles. The van der Waals surface area contributed by atoms with Crippen molar-refractivity contribution in [2.24, 2.45) is 10.8 Å². The maximum absolute atomic E-state index is 12.1. The van der Waals surface area contributed by atoms with Crippen LogP contribution in [0.15, 0.2) is 12.7 Å². The Kier molecular flexibility index (Phi) is 39.8. The third-order valence-electron chi connectivity index (χ3n) is 4.40. The summed E-state index contributed by atoms with van der Waals surface area (Å²) in [5.74, 6) is 0.183. The number of nitrogens with one attached hydrogen (secondary N) is 2. The van der Waals surface area contributed by atoms with Gasteiger partial charge in [-0.15, -0.1) is 6.58 Å². The molecule has 0 aliphatic rings. The molecule has 0 unspecified atom stereocenters. The van der Waals surface area contributed by atoms with Gasteiger partial charge in [0.1, 0.15) is 0 Å². The van der Waals surface area contributed by atoms with Gasteiger partial charge < -0.3 is 15.4 Å². The standard InChI is InChI=1S/C20H40N2O3.C3H6.3C2H6/c1-7-17(23)21-12-10-9-11-13-22-18(24)14-20(5,6)16-25-15-19(3,4)8-2;1-3-2;3*1-2/h7-16H2,1-6H3,(H,21,23)(H,22,24);3H,1H2,2H3;3*1-2H3. The van der Waals surface area contributed by atoms with Gasteiger partial charge in [0.15, 0.2) is 0 Å². The predicted molar refractivity (Wildman–Crippen MR) is 153 cm³/mol. The van der Waals surface area contributed by atoms with Crippen LogP contribution in [-0.2, 0) is 14.3 Å². The molecule has 208 valence electrons. The third kappa shape index (κ3) is 37.9. The average Bonchev–Trinajstić information content (AvgIpc) is 2.82. The molecule has 2 N–H and O–H groups in total. The van der Waals surface area contributed by atoms with Crippen molar-refractivity contribution in [3.05, 3.63) is 12.7 Å². The number of amides is 2. The summed E-state index contributed by atoms with van der Waals surface area (Å²) in [4.78, 5) is 23.2. The highest BCUT2D eigenvalue weighted by molar-refractivity contribution is 5.76. The molecule has 0 heterocycles. The molecule has 0 fully saturated rings. The Morgan fingerprint density at radius 3 is 1.53 bits per heavy atom. The van der Waals surface area contributed by atoms with Crippen LogP contribution in [0, 0.1) is 10.8 Å². The van der Waals surface area contributed by atoms with Crippen LogP contribution >= 0.6 is 0 Å². The van der Waals surface area contributed by atoms with Gasteiger partial charge in [-0.3, -0.25) is 9.59 Å². The maximum Gasteiger partial charge on any atom is 0.220 e. The van der Waals surface area contributed by atoms with E-state index in [1.807, 2.05) is 55.4 Å². The first-order valence-electron chi connectivity index (χ1n) is 13.7. The highest BCUT2D eigenvalue weighted by Gasteiger charge is 2.24. The molecule has 0 aromatic carbocycles. The van der Waals surface area contributed by atoms with Crippen molar-refractivity contribution in [3.8, 4) is 0 Å². The van der Waals surface area contributed by atoms with Crippen molar-refractivity contribution in [1.29, 1.82) is 0 Å². The summed E-state index contributed by atoms with van der Waals surface area (Å²) >= 11 is 0. The van der Waals surface area contributed by atoms with Crippen molar-refractivity contribution < 1.29 is 14.3 Å². The fourth-order valence-electron chi connectivity index (χ4n) is 2.26. The fourth-order valence-corrected chi connectivity index (χ4v) is 2.26. The first kappa shape index (κ1) is 42.8. The predicted octanol–water partition coefficient (Wildman–Crippen LogP) is 7.94. The van der Waals surface area contributed by atoms with E-state index in [2.05, 4.69) is 51.8 Å². The van der Waals surface area contributed by atoms with E-state index in [-0.39, 0.29) is 22.6 Å². The normalized spacial score (nSPS) is 9.79. The Morgan fingerprint density at radius 1 is 0.765 bits per heavy atom. The molecule has 0 aliphatic heterocycles. The van der Waals surface area contributed by atoms with Crippen molar-refractivity contribution in [3.63, 3.8) is 0 Å². The summed E-state index contributed by atoms with van der Waals surface area (Å²) in [6.45, 7) is 32.5. The minimum Gasteiger partial charge on any atom is -0.380 e. The van der Waals surface area contributed by atoms with Crippen LogP contribution in [-0.4, -0.2) is 38.1 Å². The van der Waals surface area contributed by atoms with Gasteiger partial charge in [0.05, 0.1) is 13.2 Å². The number of rotatable bonds is 14. The summed E-state index contributed by atoms with van der Waals surface area (Å²) in [7, 11) is 0. The zero-order valence-corrected chi connectivity index (χ0v) is 25.6. The zero-order valence-electron chi connectivity index (χ0n) is 25.6. The second-order valence-corrected chi connectivity index (χ2v) is 8.87. The Labute approximate surface area is 215 Å². The lowest BCUT2D eigenvalue weighted by atomic mass is 9.89. The van der Waals surface area contributed by atoms with Crippen LogP contribution in [0.25, 0.3) is 0 Å². The second-order valence-electron chi connectivity index (χ2n) is 8.87. The van der Waals surface area contributed by atoms with Crippen LogP contribution in [0.2, 0.25) is 0 Å². The average molecular weight is 489 g/mol. The molecular weight excluding hydrogens is 424 g/mol. The van der Waals surface area contributed by atoms with E-state index in [9.17, 15) is 9.59 Å². The SMILES string of the molecule is C=CC.CC.CC.CC.CCC(=O)NCCCCCNC(=O)CC(C)(C)COCC(C)(C)CC. The van der Waals surface area contributed by atoms with E-state index in [1.165, 1.54) is 0 Å². The van der Waals surface area contributed by atoms with Gasteiger partial charge in [-0.05, 0) is 43.4 Å². The molecule has 0 rings (SSSR count). The topological polar surface area (TPSA) is 67.4 Å². The van der Waals surface area contributed by atoms with E-state index in [0.717, 1.165) is 38.8 Å². The number of unbranched alkanes of at least 4 members (excludes halogenated alkanes) is 2. The van der Waals surface area contributed by atoms with Gasteiger partial charge in [-0.2, -0.15) is 0 Å². The molecule has 0 aromatic rings. The van der Waals surface area contributed by atoms with Crippen LogP contribution in [0.5, 0.6) is 0 Å². The summed E-state index contributed by atoms with van der Waals surface area (Å²) in [5.41, 5.74) is 0.0350. The first-order chi connectivity index (χ1) is 16.0. The Bertz CT molecular complexity index is 433. The van der Waals surface area contributed by atoms with Gasteiger partial charge in [0.25, 0.3) is 0 Å². The Morgan fingerprint density at radius 2 is 1.15 bits per heavy atom. The molecule has 2 amide bonds. The minimum absolute atomic E-state index is 0.0858. The number of hydrogen-bond donors (Lipinski definition) is 2. The summed E-state index contributed by atoms with van der Waals surface area (Å²) in [5, 5.41) is 5.84. The molecule has 0 atom stereocenters. The lowest BCUT2D eigenvalue weighted by Gasteiger charge is -2.28. The molecule has 34 heavy (non-hydrogen) atoms. The lowest BCUT2D eigenvalue weighted by Crippen LogP contribution is -2.33. The summed E-state index contributed by atoms with van der Waals surface area (Å²) < 4.78 is 5.84. The number of ether oxygens (including phenoxy) is 1. The number of carbonyl (C=O) groups excluding carboxylic acids is 2. The number of allylic oxidation sites excluding steroid dienone is 1. The first-order valence-corrected chi connectivity index (χ1v) is 13.7. The Hall–Kier alpha value is -1.36. The maximum atomic E-state index is 12.1. The Balaban J connectivity index is -0.000000273. The molecule has 0 radical (unpaired) electrons. The van der Waals surface area contributed by atoms with Gasteiger partial charge in [-0.1, -0.05) is 89.2 Å². The second kappa shape index (κ2) is 31.6. The molecule has 0 aliphatic carbocycles. The number of hydrogen-bond acceptors (Lipinski definition) is 3. The lowest BCUT2D eigenvalue weighted by molar-refractivity contribution is -0.124. The van der Waals surface area contributed by atoms with Crippen LogP contribution < -0.4 is 10.6 Å². The van der Waals surface area contributed by atoms with E-state index >= 15 is 0 Å². The van der Waals surface area contributed by atoms with Crippen molar-refractivity contribution in [2.75, 3.05) is 26.3 Å². The van der Waals surface area contributed by atoms with Crippen LogP contribution in [0.1, 0.15) is 129 Å². The smallest absolute Gasteiger partial charge is 0.220 e. The molecule has 5 nitrogen and oxygen atoms in total. The van der Waals surface area contributed by atoms with Crippen molar-refractivity contribution >= 4 is 11.8 Å². The van der Waals surface area contributed by atoms with Gasteiger partial charge in [0.2, 0.25) is 11.8 Å². The zero-order chi connectivity index (χ0) is 28.1. The molecule has 0 spiro atoms. The number of carbonyl (C=O) groups is 2. The molecule has 5 heteroatoms. The van der Waals surface area contributed by atoms with E-state index in [4.69, 9.17) is 4.74 Å². The monoisotopic (exact) mass is 488 g/mol. The van der Waals surface area contributed by atoms with Gasteiger partial charge in [-0.25, -0.2) is 0 Å². The van der Waals surface area contributed by atoms with Crippen LogP contribution in [0.3, 0.4) is 0 Å². The van der Waals surface area contributed by atoms with Crippen LogP contribution in [0.4, 0.5) is 0 Å². The van der Waals surface area contributed by atoms with E-state index in [0.29, 0.717) is 26.0 Å². The minimum atomic E-state index is -0.154. The largest absolute Gasteiger partial charge is 0.380 e. The molecule has 0 bridgehead atoms. The highest BCUT2D eigenvalue weighted by atomic mass is 16.5. The fraction of sp³-hybridized carbons (Fsp3) is 0.862. The molecular formula is C29H64N2O3. The van der Waals surface area contributed by atoms with E-state index < -0.39 is 0 Å². The summed E-state index contributed by atoms with van der Waals surface area (Å²) in [6.07, 6.45) is 6.74. The quantitative estimate of drug-likeness (QED) is 0.193. The summed E-state index contributed by atoms with van der Waals surface area (Å²) in [6, 6.07) is 0. The van der Waals surface area contributed by atoms with Crippen molar-refractivity contribution in [2.45, 2.75) is 129 Å². The third-order valence-corrected chi connectivity index (χ3v) is 4.40. The van der Waals surface area contributed by atoms with Gasteiger partial charge >= 0.3 is 0 Å². The van der Waals surface area contributed by atoms with Crippen molar-refractivity contribution in [1.82, 2.24) is 10.6 Å². The van der Waals surface area contributed by atoms with Gasteiger partial charge in [0, 0.05) is 25.9 Å². The molecule has 0 saturated carbocycles. The highest BCUT2D eigenvalue weighted by Crippen LogP contribution is 2.24.